The first-order valence-electron chi connectivity index (χ1n) is 8.81. The van der Waals surface area contributed by atoms with Gasteiger partial charge in [-0.15, -0.1) is 0 Å². The molecule has 1 N–H and O–H groups in total. The molecule has 3 amide bonds. The number of hydrogen-bond acceptors (Lipinski definition) is 6. The molecule has 8 nitrogen and oxygen atoms in total. The lowest BCUT2D eigenvalue weighted by molar-refractivity contribution is -0.118. The van der Waals surface area contributed by atoms with E-state index in [2.05, 4.69) is 29.1 Å². The van der Waals surface area contributed by atoms with Crippen LogP contribution in [0.2, 0.25) is 0 Å². The number of ether oxygens (including phenoxy) is 2. The molecule has 0 spiro atoms. The van der Waals surface area contributed by atoms with Crippen LogP contribution in [0.25, 0.3) is 0 Å². The smallest absolute Gasteiger partial charge is 0.330 e. The highest BCUT2D eigenvalue weighted by molar-refractivity contribution is 6.20. The summed E-state index contributed by atoms with van der Waals surface area (Å²) >= 11 is 0. The third-order valence-electron chi connectivity index (χ3n) is 4.74. The van der Waals surface area contributed by atoms with Gasteiger partial charge in [0.1, 0.15) is 17.5 Å². The minimum Gasteiger partial charge on any atom is -0.492 e. The molecule has 2 aliphatic rings. The SMILES string of the molecule is CC[C@H]1NC(=O)N(c2cnc(Oc3cccc4c3C(C)(C)CO4)cn2)C1=O. The second-order valence-electron chi connectivity index (χ2n) is 7.20. The third kappa shape index (κ3) is 2.87. The maximum atomic E-state index is 12.3. The summed E-state index contributed by atoms with van der Waals surface area (Å²) in [4.78, 5) is 33.7. The van der Waals surface area contributed by atoms with E-state index in [1.807, 2.05) is 25.1 Å². The average Bonchev–Trinajstić information content (AvgIpc) is 3.12. The molecule has 1 atom stereocenters. The summed E-state index contributed by atoms with van der Waals surface area (Å²) in [5.41, 5.74) is 0.810. The molecule has 1 aromatic heterocycles. The van der Waals surface area contributed by atoms with Crippen LogP contribution in [0.15, 0.2) is 30.6 Å². The number of nitrogens with one attached hydrogen (secondary N) is 1. The van der Waals surface area contributed by atoms with Crippen LogP contribution in [-0.4, -0.2) is 34.6 Å². The van der Waals surface area contributed by atoms with Crippen molar-refractivity contribution >= 4 is 17.8 Å². The molecule has 8 heteroatoms. The highest BCUT2D eigenvalue weighted by Crippen LogP contribution is 2.45. The second kappa shape index (κ2) is 6.22. The summed E-state index contributed by atoms with van der Waals surface area (Å²) in [5.74, 6) is 1.56. The predicted octanol–water partition coefficient (Wildman–Crippen LogP) is 2.77. The van der Waals surface area contributed by atoms with Crippen molar-refractivity contribution in [3.05, 3.63) is 36.2 Å². The Morgan fingerprint density at radius 3 is 2.78 bits per heavy atom. The van der Waals surface area contributed by atoms with E-state index in [9.17, 15) is 9.59 Å². The number of nitrogens with zero attached hydrogens (tertiary/aromatic N) is 3. The second-order valence-corrected chi connectivity index (χ2v) is 7.20. The number of anilines is 1. The minimum atomic E-state index is -0.524. The number of aromatic nitrogens is 2. The molecule has 3 heterocycles. The fourth-order valence-electron chi connectivity index (χ4n) is 3.33. The van der Waals surface area contributed by atoms with E-state index in [1.165, 1.54) is 12.4 Å². The van der Waals surface area contributed by atoms with Gasteiger partial charge in [-0.25, -0.2) is 19.7 Å². The van der Waals surface area contributed by atoms with Gasteiger partial charge in [0.05, 0.1) is 19.0 Å². The quantitative estimate of drug-likeness (QED) is 0.834. The van der Waals surface area contributed by atoms with Gasteiger partial charge in [-0.3, -0.25) is 4.79 Å². The molecule has 1 aromatic carbocycles. The van der Waals surface area contributed by atoms with Crippen molar-refractivity contribution in [1.29, 1.82) is 0 Å². The summed E-state index contributed by atoms with van der Waals surface area (Å²) in [6.07, 6.45) is 3.28. The van der Waals surface area contributed by atoms with E-state index in [1.54, 1.807) is 0 Å². The molecule has 0 unspecified atom stereocenters. The van der Waals surface area contributed by atoms with E-state index >= 15 is 0 Å². The molecule has 140 valence electrons. The van der Waals surface area contributed by atoms with E-state index < -0.39 is 12.1 Å². The van der Waals surface area contributed by atoms with Crippen molar-refractivity contribution < 1.29 is 19.1 Å². The number of hydrogen-bond donors (Lipinski definition) is 1. The van der Waals surface area contributed by atoms with Crippen molar-refractivity contribution in [2.24, 2.45) is 0 Å². The maximum Gasteiger partial charge on any atom is 0.330 e. The minimum absolute atomic E-state index is 0.169. The van der Waals surface area contributed by atoms with Crippen LogP contribution in [0.5, 0.6) is 17.4 Å². The summed E-state index contributed by atoms with van der Waals surface area (Å²) in [7, 11) is 0. The van der Waals surface area contributed by atoms with E-state index in [0.717, 1.165) is 16.2 Å². The Balaban J connectivity index is 1.58. The monoisotopic (exact) mass is 368 g/mol. The number of rotatable bonds is 4. The maximum absolute atomic E-state index is 12.3. The fraction of sp³-hybridized carbons (Fsp3) is 0.368. The van der Waals surface area contributed by atoms with Crippen molar-refractivity contribution in [3.63, 3.8) is 0 Å². The Morgan fingerprint density at radius 2 is 2.11 bits per heavy atom. The summed E-state index contributed by atoms with van der Waals surface area (Å²) in [6, 6.07) is 4.61. The molecular formula is C19H20N4O4. The Hall–Kier alpha value is -3.16. The Kier molecular flexibility index (Phi) is 3.98. The van der Waals surface area contributed by atoms with Gasteiger partial charge in [0.2, 0.25) is 5.88 Å². The van der Waals surface area contributed by atoms with Crippen LogP contribution in [0.3, 0.4) is 0 Å². The van der Waals surface area contributed by atoms with Crippen LogP contribution < -0.4 is 19.7 Å². The first-order chi connectivity index (χ1) is 12.9. The topological polar surface area (TPSA) is 93.7 Å². The van der Waals surface area contributed by atoms with Crippen LogP contribution in [0.1, 0.15) is 32.8 Å². The van der Waals surface area contributed by atoms with E-state index in [0.29, 0.717) is 18.8 Å². The molecular weight excluding hydrogens is 348 g/mol. The first-order valence-corrected chi connectivity index (χ1v) is 8.81. The number of fused-ring (bicyclic) bond motifs is 1. The molecule has 0 aliphatic carbocycles. The van der Waals surface area contributed by atoms with E-state index in [4.69, 9.17) is 9.47 Å². The molecule has 1 fully saturated rings. The average molecular weight is 368 g/mol. The molecule has 2 aliphatic heterocycles. The van der Waals surface area contributed by atoms with Gasteiger partial charge in [-0.2, -0.15) is 0 Å². The lowest BCUT2D eigenvalue weighted by Crippen LogP contribution is -2.32. The first kappa shape index (κ1) is 17.3. The molecule has 2 aromatic rings. The zero-order valence-corrected chi connectivity index (χ0v) is 15.4. The molecule has 0 radical (unpaired) electrons. The Bertz CT molecular complexity index is 910. The highest BCUT2D eigenvalue weighted by Gasteiger charge is 2.39. The number of carbonyl (C=O) groups excluding carboxylic acids is 2. The molecule has 0 saturated carbocycles. The lowest BCUT2D eigenvalue weighted by atomic mass is 9.86. The van der Waals surface area contributed by atoms with Crippen molar-refractivity contribution in [2.75, 3.05) is 11.5 Å². The van der Waals surface area contributed by atoms with Crippen LogP contribution in [0, 0.1) is 0 Å². The largest absolute Gasteiger partial charge is 0.492 e. The summed E-state index contributed by atoms with van der Waals surface area (Å²) < 4.78 is 11.6. The van der Waals surface area contributed by atoms with Crippen molar-refractivity contribution in [1.82, 2.24) is 15.3 Å². The van der Waals surface area contributed by atoms with Gasteiger partial charge in [0.15, 0.2) is 5.82 Å². The number of amides is 3. The summed E-state index contributed by atoms with van der Waals surface area (Å²) in [6.45, 7) is 6.58. The van der Waals surface area contributed by atoms with Gasteiger partial charge in [-0.1, -0.05) is 26.8 Å². The third-order valence-corrected chi connectivity index (χ3v) is 4.74. The van der Waals surface area contributed by atoms with Gasteiger partial charge >= 0.3 is 6.03 Å². The zero-order valence-electron chi connectivity index (χ0n) is 15.4. The normalized spacial score (nSPS) is 20.3. The number of benzene rings is 1. The highest BCUT2D eigenvalue weighted by atomic mass is 16.5. The Morgan fingerprint density at radius 1 is 1.30 bits per heavy atom. The van der Waals surface area contributed by atoms with Crippen molar-refractivity contribution in [2.45, 2.75) is 38.6 Å². The van der Waals surface area contributed by atoms with E-state index in [-0.39, 0.29) is 23.0 Å². The zero-order chi connectivity index (χ0) is 19.2. The van der Waals surface area contributed by atoms with Crippen molar-refractivity contribution in [3.8, 4) is 17.4 Å². The number of carbonyl (C=O) groups is 2. The predicted molar refractivity (Wildman–Crippen MR) is 97.2 cm³/mol. The van der Waals surface area contributed by atoms with Crippen LogP contribution in [0.4, 0.5) is 10.6 Å². The molecule has 1 saturated heterocycles. The van der Waals surface area contributed by atoms with Gasteiger partial charge in [-0.05, 0) is 18.6 Å². The molecule has 4 rings (SSSR count). The van der Waals surface area contributed by atoms with Crippen LogP contribution in [-0.2, 0) is 10.2 Å². The Labute approximate surface area is 156 Å². The van der Waals surface area contributed by atoms with Gasteiger partial charge in [0, 0.05) is 11.0 Å². The van der Waals surface area contributed by atoms with Gasteiger partial charge < -0.3 is 14.8 Å². The fourth-order valence-corrected chi connectivity index (χ4v) is 3.33. The van der Waals surface area contributed by atoms with Gasteiger partial charge in [0.25, 0.3) is 5.91 Å². The molecule has 0 bridgehead atoms. The number of imide groups is 1. The lowest BCUT2D eigenvalue weighted by Gasteiger charge is -2.18. The standard InChI is InChI=1S/C19H20N4O4/c1-4-11-17(24)23(18(25)22-11)14-8-21-15(9-20-14)27-13-7-5-6-12-16(13)19(2,3)10-26-12/h5-9,11H,4,10H2,1-3H3,(H,22,25)/t11-/m1/s1. The summed E-state index contributed by atoms with van der Waals surface area (Å²) in [5, 5.41) is 2.62. The van der Waals surface area contributed by atoms with Crippen LogP contribution >= 0.6 is 0 Å². The number of urea groups is 1. The molecule has 27 heavy (non-hydrogen) atoms.